The van der Waals surface area contributed by atoms with Crippen LogP contribution in [0.1, 0.15) is 95.5 Å². The summed E-state index contributed by atoms with van der Waals surface area (Å²) >= 11 is 0. The third-order valence-electron chi connectivity index (χ3n) is 5.16. The van der Waals surface area contributed by atoms with Gasteiger partial charge in [0.1, 0.15) is 0 Å². The van der Waals surface area contributed by atoms with Crippen LogP contribution in [-0.4, -0.2) is 16.0 Å². The summed E-state index contributed by atoms with van der Waals surface area (Å²) in [5.74, 6) is -0.685. The van der Waals surface area contributed by atoms with Gasteiger partial charge in [0.05, 0.1) is 4.92 Å². The van der Waals surface area contributed by atoms with E-state index in [2.05, 4.69) is 12.2 Å². The van der Waals surface area contributed by atoms with Crippen LogP contribution >= 0.6 is 0 Å². The molecule has 0 aliphatic heterocycles. The Balaban J connectivity index is 1.84. The molecule has 0 aromatic heterocycles. The molecule has 0 saturated carbocycles. The molecular formula is C24H37NO4. The monoisotopic (exact) mass is 403 g/mol. The Hall–Kier alpha value is -2.17. The molecule has 1 aromatic rings. The minimum Gasteiger partial charge on any atom is -0.481 e. The van der Waals surface area contributed by atoms with Crippen molar-refractivity contribution >= 4 is 11.7 Å². The third-order valence-corrected chi connectivity index (χ3v) is 5.16. The van der Waals surface area contributed by atoms with Gasteiger partial charge in [-0.2, -0.15) is 0 Å². The molecule has 0 radical (unpaired) electrons. The Kier molecular flexibility index (Phi) is 14.4. The Morgan fingerprint density at radius 1 is 0.793 bits per heavy atom. The van der Waals surface area contributed by atoms with Gasteiger partial charge in [-0.1, -0.05) is 69.2 Å². The van der Waals surface area contributed by atoms with Crippen LogP contribution in [0.5, 0.6) is 0 Å². The largest absolute Gasteiger partial charge is 0.481 e. The molecule has 0 fully saturated rings. The molecule has 0 unspecified atom stereocenters. The fourth-order valence-corrected chi connectivity index (χ4v) is 3.39. The van der Waals surface area contributed by atoms with Gasteiger partial charge in [-0.25, -0.2) is 0 Å². The predicted octanol–water partition coefficient (Wildman–Crippen LogP) is 7.24. The van der Waals surface area contributed by atoms with Crippen molar-refractivity contribution in [1.82, 2.24) is 0 Å². The number of non-ortho nitro benzene ring substituents is 1. The van der Waals surface area contributed by atoms with E-state index in [4.69, 9.17) is 5.11 Å². The molecule has 0 saturated heterocycles. The molecule has 5 nitrogen and oxygen atoms in total. The molecule has 1 rings (SSSR count). The molecule has 0 heterocycles. The van der Waals surface area contributed by atoms with Crippen LogP contribution in [0.3, 0.4) is 0 Å². The first-order chi connectivity index (χ1) is 14.1. The lowest BCUT2D eigenvalue weighted by Gasteiger charge is -2.02. The van der Waals surface area contributed by atoms with E-state index in [0.29, 0.717) is 6.42 Å². The van der Waals surface area contributed by atoms with Crippen molar-refractivity contribution < 1.29 is 14.8 Å². The number of carboxylic acids is 1. The number of unbranched alkanes of at least 4 members (excludes halogenated alkanes) is 11. The van der Waals surface area contributed by atoms with Crippen molar-refractivity contribution in [2.45, 2.75) is 96.3 Å². The Bertz CT molecular complexity index is 595. The number of aryl methyl sites for hydroxylation is 1. The number of nitrogens with zero attached hydrogens (tertiary/aromatic N) is 1. The zero-order valence-electron chi connectivity index (χ0n) is 17.7. The summed E-state index contributed by atoms with van der Waals surface area (Å²) in [4.78, 5) is 20.7. The standard InChI is InChI=1S/C24H37NO4/c26-24(27)17-15-13-11-9-7-5-3-1-2-4-6-8-10-12-14-16-22-18-20-23(21-19-22)25(28)29/h1,3,18-21H,2,4-17H2,(H,26,27). The van der Waals surface area contributed by atoms with Crippen molar-refractivity contribution in [2.75, 3.05) is 0 Å². The minimum absolute atomic E-state index is 0.163. The zero-order chi connectivity index (χ0) is 21.2. The summed E-state index contributed by atoms with van der Waals surface area (Å²) in [6.45, 7) is 0. The average molecular weight is 404 g/mol. The van der Waals surface area contributed by atoms with Crippen LogP contribution in [0, 0.1) is 10.1 Å². The number of carbonyl (C=O) groups is 1. The van der Waals surface area contributed by atoms with E-state index in [9.17, 15) is 14.9 Å². The van der Waals surface area contributed by atoms with Gasteiger partial charge in [0.15, 0.2) is 0 Å². The lowest BCUT2D eigenvalue weighted by molar-refractivity contribution is -0.384. The van der Waals surface area contributed by atoms with Gasteiger partial charge in [0.2, 0.25) is 0 Å². The number of benzene rings is 1. The minimum atomic E-state index is -0.685. The highest BCUT2D eigenvalue weighted by atomic mass is 16.6. The number of aliphatic carboxylic acids is 1. The fraction of sp³-hybridized carbons (Fsp3) is 0.625. The van der Waals surface area contributed by atoms with E-state index < -0.39 is 5.97 Å². The molecule has 0 aliphatic carbocycles. The summed E-state index contributed by atoms with van der Waals surface area (Å²) in [6.07, 6.45) is 21.1. The van der Waals surface area contributed by atoms with E-state index in [0.717, 1.165) is 38.5 Å². The Morgan fingerprint density at radius 3 is 1.79 bits per heavy atom. The van der Waals surface area contributed by atoms with Crippen molar-refractivity contribution in [2.24, 2.45) is 0 Å². The maximum atomic E-state index is 10.6. The molecule has 1 aromatic carbocycles. The maximum Gasteiger partial charge on any atom is 0.303 e. The first-order valence-electron chi connectivity index (χ1n) is 11.2. The zero-order valence-corrected chi connectivity index (χ0v) is 17.7. The van der Waals surface area contributed by atoms with Crippen molar-refractivity contribution in [3.63, 3.8) is 0 Å². The molecule has 0 aliphatic rings. The predicted molar refractivity (Wildman–Crippen MR) is 118 cm³/mol. The summed E-state index contributed by atoms with van der Waals surface area (Å²) < 4.78 is 0. The van der Waals surface area contributed by atoms with E-state index >= 15 is 0 Å². The summed E-state index contributed by atoms with van der Waals surface area (Å²) in [5, 5.41) is 19.2. The lowest BCUT2D eigenvalue weighted by atomic mass is 10.0. The number of rotatable bonds is 18. The fourth-order valence-electron chi connectivity index (χ4n) is 3.39. The van der Waals surface area contributed by atoms with Crippen molar-refractivity contribution in [3.05, 3.63) is 52.1 Å². The molecule has 0 bridgehead atoms. The van der Waals surface area contributed by atoms with Crippen LogP contribution in [0.15, 0.2) is 36.4 Å². The maximum absolute atomic E-state index is 10.6. The smallest absolute Gasteiger partial charge is 0.303 e. The molecule has 0 atom stereocenters. The van der Waals surface area contributed by atoms with Gasteiger partial charge in [-0.05, 0) is 50.5 Å². The highest BCUT2D eigenvalue weighted by Crippen LogP contribution is 2.15. The first-order valence-corrected chi connectivity index (χ1v) is 11.2. The molecule has 0 spiro atoms. The van der Waals surface area contributed by atoms with Crippen molar-refractivity contribution in [1.29, 1.82) is 0 Å². The molecule has 1 N–H and O–H groups in total. The number of carboxylic acid groups (broad SMARTS) is 1. The third kappa shape index (κ3) is 14.5. The highest BCUT2D eigenvalue weighted by molar-refractivity contribution is 5.66. The second-order valence-electron chi connectivity index (χ2n) is 7.76. The highest BCUT2D eigenvalue weighted by Gasteiger charge is 2.03. The molecule has 29 heavy (non-hydrogen) atoms. The SMILES string of the molecule is O=C(O)CCCCCCCC=CCCCCCCCCc1ccc([N+](=O)[O-])cc1. The van der Waals surface area contributed by atoms with Gasteiger partial charge in [0, 0.05) is 18.6 Å². The van der Waals surface area contributed by atoms with Gasteiger partial charge < -0.3 is 5.11 Å². The van der Waals surface area contributed by atoms with Crippen LogP contribution in [-0.2, 0) is 11.2 Å². The summed E-state index contributed by atoms with van der Waals surface area (Å²) in [7, 11) is 0. The van der Waals surface area contributed by atoms with Gasteiger partial charge in [0.25, 0.3) is 5.69 Å². The number of nitro groups is 1. The first kappa shape index (κ1) is 24.9. The topological polar surface area (TPSA) is 80.4 Å². The normalized spacial score (nSPS) is 11.2. The average Bonchev–Trinajstić information content (AvgIpc) is 2.70. The van der Waals surface area contributed by atoms with Crippen molar-refractivity contribution in [3.8, 4) is 0 Å². The van der Waals surface area contributed by atoms with E-state index in [1.165, 1.54) is 56.9 Å². The van der Waals surface area contributed by atoms with Crippen LogP contribution in [0.25, 0.3) is 0 Å². The van der Waals surface area contributed by atoms with E-state index in [1.807, 2.05) is 12.1 Å². The van der Waals surface area contributed by atoms with Crippen LogP contribution < -0.4 is 0 Å². The molecule has 162 valence electrons. The summed E-state index contributed by atoms with van der Waals surface area (Å²) in [5.41, 5.74) is 1.34. The van der Waals surface area contributed by atoms with E-state index in [1.54, 1.807) is 12.1 Å². The molecule has 5 heteroatoms. The quantitative estimate of drug-likeness (QED) is 0.121. The Labute approximate surface area is 175 Å². The van der Waals surface area contributed by atoms with Gasteiger partial charge >= 0.3 is 5.97 Å². The van der Waals surface area contributed by atoms with Gasteiger partial charge in [-0.15, -0.1) is 0 Å². The van der Waals surface area contributed by atoms with Crippen LogP contribution in [0.4, 0.5) is 5.69 Å². The Morgan fingerprint density at radius 2 is 1.28 bits per heavy atom. The number of nitro benzene ring substituents is 1. The number of allylic oxidation sites excluding steroid dienone is 2. The summed E-state index contributed by atoms with van der Waals surface area (Å²) in [6, 6.07) is 6.91. The number of hydrogen-bond donors (Lipinski definition) is 1. The molecule has 0 amide bonds. The van der Waals surface area contributed by atoms with Gasteiger partial charge in [-0.3, -0.25) is 14.9 Å². The lowest BCUT2D eigenvalue weighted by Crippen LogP contribution is -1.93. The number of hydrogen-bond acceptors (Lipinski definition) is 3. The van der Waals surface area contributed by atoms with E-state index in [-0.39, 0.29) is 10.6 Å². The second kappa shape index (κ2) is 16.8. The molecular weight excluding hydrogens is 366 g/mol. The van der Waals surface area contributed by atoms with Crippen LogP contribution in [0.2, 0.25) is 0 Å². The second-order valence-corrected chi connectivity index (χ2v) is 7.76.